The predicted octanol–water partition coefficient (Wildman–Crippen LogP) is 3.46. The summed E-state index contributed by atoms with van der Waals surface area (Å²) in [7, 11) is -3.29. The molecule has 3 heterocycles. The maximum atomic E-state index is 12.3. The van der Waals surface area contributed by atoms with Crippen LogP contribution in [0.1, 0.15) is 12.5 Å². The fourth-order valence-electron chi connectivity index (χ4n) is 3.15. The number of aromatic amines is 1. The third-order valence-electron chi connectivity index (χ3n) is 4.53. The number of fused-ring (bicyclic) bond motifs is 3. The minimum atomic E-state index is -3.29. The molecule has 1 aromatic carbocycles. The molecule has 26 heavy (non-hydrogen) atoms. The number of H-pyrrole nitrogens is 1. The molecule has 0 aliphatic heterocycles. The summed E-state index contributed by atoms with van der Waals surface area (Å²) in [5.41, 5.74) is 10.1. The average molecular weight is 366 g/mol. The molecule has 0 bridgehead atoms. The first-order chi connectivity index (χ1) is 12.4. The second-order valence-corrected chi connectivity index (χ2v) is 8.55. The third kappa shape index (κ3) is 2.52. The molecule has 0 saturated carbocycles. The van der Waals surface area contributed by atoms with Crippen LogP contribution in [0, 0.1) is 6.92 Å². The molecule has 3 aromatic heterocycles. The average Bonchev–Trinajstić information content (AvgIpc) is 3.02. The Kier molecular flexibility index (Phi) is 3.69. The summed E-state index contributed by atoms with van der Waals surface area (Å²) in [4.78, 5) is 12.2. The molecule has 7 heteroatoms. The molecule has 4 rings (SSSR count). The van der Waals surface area contributed by atoms with E-state index < -0.39 is 9.84 Å². The van der Waals surface area contributed by atoms with E-state index in [-0.39, 0.29) is 5.75 Å². The van der Waals surface area contributed by atoms with E-state index in [2.05, 4.69) is 15.0 Å². The van der Waals surface area contributed by atoms with E-state index in [0.717, 1.165) is 33.1 Å². The Morgan fingerprint density at radius 1 is 1.15 bits per heavy atom. The summed E-state index contributed by atoms with van der Waals surface area (Å²) in [5, 5.41) is 1.84. The Bertz CT molecular complexity index is 1260. The van der Waals surface area contributed by atoms with Crippen LogP contribution in [0.15, 0.2) is 47.6 Å². The van der Waals surface area contributed by atoms with Gasteiger partial charge in [0.1, 0.15) is 11.5 Å². The highest BCUT2D eigenvalue weighted by Crippen LogP contribution is 2.36. The van der Waals surface area contributed by atoms with Crippen LogP contribution in [-0.4, -0.2) is 29.1 Å². The van der Waals surface area contributed by atoms with Crippen molar-refractivity contribution in [1.29, 1.82) is 0 Å². The molecule has 132 valence electrons. The highest BCUT2D eigenvalue weighted by molar-refractivity contribution is 7.91. The Balaban J connectivity index is 2.07. The topological polar surface area (TPSA) is 102 Å². The number of nitrogens with zero attached hydrogens (tertiary/aromatic N) is 2. The van der Waals surface area contributed by atoms with E-state index in [1.807, 2.05) is 19.1 Å². The van der Waals surface area contributed by atoms with Crippen molar-refractivity contribution in [2.75, 3.05) is 11.5 Å². The smallest absolute Gasteiger partial charge is 0.178 e. The van der Waals surface area contributed by atoms with Gasteiger partial charge < -0.3 is 10.7 Å². The number of rotatable bonds is 3. The molecule has 0 spiro atoms. The molecule has 0 fully saturated rings. The molecule has 4 aromatic rings. The summed E-state index contributed by atoms with van der Waals surface area (Å²) < 4.78 is 24.5. The van der Waals surface area contributed by atoms with E-state index in [0.29, 0.717) is 16.2 Å². The number of aromatic nitrogens is 3. The van der Waals surface area contributed by atoms with Crippen molar-refractivity contribution in [1.82, 2.24) is 15.0 Å². The molecular formula is C19H18N4O2S. The number of benzene rings is 1. The number of nitrogens with one attached hydrogen (secondary N) is 1. The molecule has 3 N–H and O–H groups in total. The maximum Gasteiger partial charge on any atom is 0.178 e. The van der Waals surface area contributed by atoms with Gasteiger partial charge in [-0.1, -0.05) is 19.1 Å². The quantitative estimate of drug-likeness (QED) is 0.578. The number of nitrogens with two attached hydrogens (primary N) is 1. The summed E-state index contributed by atoms with van der Waals surface area (Å²) in [6.07, 6.45) is 3.47. The van der Waals surface area contributed by atoms with Gasteiger partial charge in [-0.25, -0.2) is 18.4 Å². The predicted molar refractivity (Wildman–Crippen MR) is 104 cm³/mol. The van der Waals surface area contributed by atoms with Gasteiger partial charge in [0.2, 0.25) is 0 Å². The molecule has 0 amide bonds. The van der Waals surface area contributed by atoms with E-state index in [1.54, 1.807) is 37.5 Å². The SMILES string of the molecule is CCS(=O)(=O)c1cccc(-c2cnc(N)c3[nH]c4ncc(C)cc4c23)c1. The van der Waals surface area contributed by atoms with Gasteiger partial charge in [0.25, 0.3) is 0 Å². The van der Waals surface area contributed by atoms with Gasteiger partial charge in [-0.2, -0.15) is 0 Å². The Morgan fingerprint density at radius 3 is 2.73 bits per heavy atom. The van der Waals surface area contributed by atoms with Crippen molar-refractivity contribution < 1.29 is 8.42 Å². The van der Waals surface area contributed by atoms with Crippen molar-refractivity contribution in [3.8, 4) is 11.1 Å². The number of sulfone groups is 1. The number of aryl methyl sites for hydroxylation is 1. The molecule has 0 atom stereocenters. The van der Waals surface area contributed by atoms with Crippen LogP contribution in [0.5, 0.6) is 0 Å². The number of pyridine rings is 2. The van der Waals surface area contributed by atoms with E-state index >= 15 is 0 Å². The van der Waals surface area contributed by atoms with Crippen molar-refractivity contribution >= 4 is 37.6 Å². The zero-order valence-electron chi connectivity index (χ0n) is 14.4. The second-order valence-electron chi connectivity index (χ2n) is 6.27. The van der Waals surface area contributed by atoms with E-state index in [1.165, 1.54) is 0 Å². The fourth-order valence-corrected chi connectivity index (χ4v) is 4.08. The van der Waals surface area contributed by atoms with Crippen LogP contribution >= 0.6 is 0 Å². The molecular weight excluding hydrogens is 348 g/mol. The first-order valence-electron chi connectivity index (χ1n) is 8.26. The highest BCUT2D eigenvalue weighted by Gasteiger charge is 2.17. The van der Waals surface area contributed by atoms with Crippen LogP contribution in [0.4, 0.5) is 5.82 Å². The van der Waals surface area contributed by atoms with Gasteiger partial charge in [-0.3, -0.25) is 0 Å². The van der Waals surface area contributed by atoms with Gasteiger partial charge in [0, 0.05) is 28.7 Å². The van der Waals surface area contributed by atoms with Gasteiger partial charge in [0.15, 0.2) is 9.84 Å². The summed E-state index contributed by atoms with van der Waals surface area (Å²) in [5.74, 6) is 0.443. The van der Waals surface area contributed by atoms with Crippen LogP contribution in [0.2, 0.25) is 0 Å². The molecule has 0 unspecified atom stereocenters. The first kappa shape index (κ1) is 16.5. The molecule has 0 saturated heterocycles. The van der Waals surface area contributed by atoms with Gasteiger partial charge in [-0.15, -0.1) is 0 Å². The molecule has 0 aliphatic carbocycles. The Hall–Kier alpha value is -2.93. The monoisotopic (exact) mass is 366 g/mol. The van der Waals surface area contributed by atoms with Gasteiger partial charge in [0.05, 0.1) is 16.2 Å². The van der Waals surface area contributed by atoms with Gasteiger partial charge in [-0.05, 0) is 36.2 Å². The molecule has 0 aliphatic rings. The summed E-state index contributed by atoms with van der Waals surface area (Å²) >= 11 is 0. The number of nitrogen functional groups attached to an aromatic ring is 1. The van der Waals surface area contributed by atoms with Gasteiger partial charge >= 0.3 is 0 Å². The lowest BCUT2D eigenvalue weighted by Gasteiger charge is -2.08. The van der Waals surface area contributed by atoms with Crippen molar-refractivity contribution in [3.05, 3.63) is 48.3 Å². The zero-order valence-corrected chi connectivity index (χ0v) is 15.3. The zero-order chi connectivity index (χ0) is 18.5. The van der Waals surface area contributed by atoms with Crippen LogP contribution in [0.25, 0.3) is 33.1 Å². The first-order valence-corrected chi connectivity index (χ1v) is 9.91. The second kappa shape index (κ2) is 5.81. The molecule has 0 radical (unpaired) electrons. The normalized spacial score (nSPS) is 12.1. The largest absolute Gasteiger partial charge is 0.382 e. The van der Waals surface area contributed by atoms with Crippen LogP contribution < -0.4 is 5.73 Å². The lowest BCUT2D eigenvalue weighted by Crippen LogP contribution is -2.03. The van der Waals surface area contributed by atoms with Crippen molar-refractivity contribution in [3.63, 3.8) is 0 Å². The maximum absolute atomic E-state index is 12.3. The van der Waals surface area contributed by atoms with E-state index in [4.69, 9.17) is 5.73 Å². The standard InChI is InChI=1S/C19H18N4O2S/c1-3-26(24,25)13-6-4-5-12(8-13)15-10-21-18(20)17-16(15)14-7-11(2)9-22-19(14)23-17/h4-10H,3H2,1-2H3,(H2,20,21)(H,22,23). The fraction of sp³-hybridized carbons (Fsp3) is 0.158. The summed E-state index contributed by atoms with van der Waals surface area (Å²) in [6.45, 7) is 3.61. The van der Waals surface area contributed by atoms with Crippen LogP contribution in [-0.2, 0) is 9.84 Å². The Labute approximate surface area is 151 Å². The number of hydrogen-bond donors (Lipinski definition) is 2. The highest BCUT2D eigenvalue weighted by atomic mass is 32.2. The van der Waals surface area contributed by atoms with E-state index in [9.17, 15) is 8.42 Å². The Morgan fingerprint density at radius 2 is 1.96 bits per heavy atom. The lowest BCUT2D eigenvalue weighted by molar-refractivity contribution is 0.597. The minimum absolute atomic E-state index is 0.0576. The minimum Gasteiger partial charge on any atom is -0.382 e. The number of anilines is 1. The lowest BCUT2D eigenvalue weighted by atomic mass is 10.0. The third-order valence-corrected chi connectivity index (χ3v) is 6.26. The summed E-state index contributed by atoms with van der Waals surface area (Å²) in [6, 6.07) is 8.97. The van der Waals surface area contributed by atoms with Crippen LogP contribution in [0.3, 0.4) is 0 Å². The van der Waals surface area contributed by atoms with Crippen molar-refractivity contribution in [2.45, 2.75) is 18.7 Å². The van der Waals surface area contributed by atoms with Crippen molar-refractivity contribution in [2.24, 2.45) is 0 Å². The number of hydrogen-bond acceptors (Lipinski definition) is 5. The molecule has 6 nitrogen and oxygen atoms in total.